The van der Waals surface area contributed by atoms with Gasteiger partial charge in [-0.25, -0.2) is 4.79 Å². The summed E-state index contributed by atoms with van der Waals surface area (Å²) < 4.78 is 5.18. The van der Waals surface area contributed by atoms with Crippen LogP contribution in [-0.4, -0.2) is 35.7 Å². The molecule has 0 atom stereocenters. The highest BCUT2D eigenvalue weighted by atomic mass is 16.5. The SMILES string of the molecule is COc1cc(NC(=O)NC(C)(C)CCC(=O)O)ccc1NC(C)=O. The predicted molar refractivity (Wildman–Crippen MR) is 90.4 cm³/mol. The quantitative estimate of drug-likeness (QED) is 0.609. The summed E-state index contributed by atoms with van der Waals surface area (Å²) in [5, 5.41) is 16.7. The first kappa shape index (κ1) is 19.3. The summed E-state index contributed by atoms with van der Waals surface area (Å²) in [6.07, 6.45) is 0.271. The van der Waals surface area contributed by atoms with Crippen molar-refractivity contribution in [2.24, 2.45) is 0 Å². The van der Waals surface area contributed by atoms with E-state index in [9.17, 15) is 14.4 Å². The normalized spacial score (nSPS) is 10.7. The van der Waals surface area contributed by atoms with E-state index >= 15 is 0 Å². The first-order valence-electron chi connectivity index (χ1n) is 7.39. The lowest BCUT2D eigenvalue weighted by Gasteiger charge is -2.25. The molecule has 0 aliphatic heterocycles. The van der Waals surface area contributed by atoms with Crippen LogP contribution in [0.25, 0.3) is 0 Å². The molecule has 24 heavy (non-hydrogen) atoms. The lowest BCUT2D eigenvalue weighted by Crippen LogP contribution is -2.45. The number of amides is 3. The van der Waals surface area contributed by atoms with Crippen LogP contribution in [0.5, 0.6) is 5.75 Å². The van der Waals surface area contributed by atoms with Crippen molar-refractivity contribution < 1.29 is 24.2 Å². The number of urea groups is 1. The summed E-state index contributed by atoms with van der Waals surface area (Å²) in [5.74, 6) is -0.733. The maximum absolute atomic E-state index is 12.1. The monoisotopic (exact) mass is 337 g/mol. The third kappa shape index (κ3) is 6.55. The largest absolute Gasteiger partial charge is 0.494 e. The number of aliphatic carboxylic acids is 1. The maximum Gasteiger partial charge on any atom is 0.319 e. The zero-order valence-electron chi connectivity index (χ0n) is 14.2. The van der Waals surface area contributed by atoms with Gasteiger partial charge in [-0.15, -0.1) is 0 Å². The predicted octanol–water partition coefficient (Wildman–Crippen LogP) is 2.42. The number of nitrogens with one attached hydrogen (secondary N) is 3. The molecule has 0 saturated heterocycles. The number of carbonyl (C=O) groups excluding carboxylic acids is 2. The molecule has 0 aromatic heterocycles. The number of benzene rings is 1. The molecule has 132 valence electrons. The summed E-state index contributed by atoms with van der Waals surface area (Å²) >= 11 is 0. The van der Waals surface area contributed by atoms with Crippen LogP contribution in [0, 0.1) is 0 Å². The molecule has 0 spiro atoms. The molecule has 4 N–H and O–H groups in total. The second kappa shape index (κ2) is 8.19. The third-order valence-corrected chi connectivity index (χ3v) is 3.19. The Morgan fingerprint density at radius 1 is 1.21 bits per heavy atom. The molecule has 1 aromatic rings. The summed E-state index contributed by atoms with van der Waals surface area (Å²) in [6, 6.07) is 4.36. The Morgan fingerprint density at radius 2 is 1.88 bits per heavy atom. The van der Waals surface area contributed by atoms with Gasteiger partial charge in [-0.1, -0.05) is 0 Å². The number of methoxy groups -OCH3 is 1. The van der Waals surface area contributed by atoms with E-state index in [2.05, 4.69) is 16.0 Å². The van der Waals surface area contributed by atoms with E-state index in [0.29, 0.717) is 23.5 Å². The number of anilines is 2. The van der Waals surface area contributed by atoms with E-state index in [1.807, 2.05) is 0 Å². The van der Waals surface area contributed by atoms with Crippen LogP contribution in [0.3, 0.4) is 0 Å². The van der Waals surface area contributed by atoms with Crippen molar-refractivity contribution in [3.8, 4) is 5.75 Å². The van der Waals surface area contributed by atoms with Crippen molar-refractivity contribution in [2.45, 2.75) is 39.2 Å². The zero-order chi connectivity index (χ0) is 18.3. The van der Waals surface area contributed by atoms with Gasteiger partial charge < -0.3 is 25.8 Å². The number of hydrogen-bond acceptors (Lipinski definition) is 4. The smallest absolute Gasteiger partial charge is 0.319 e. The second-order valence-electron chi connectivity index (χ2n) is 5.95. The highest BCUT2D eigenvalue weighted by Crippen LogP contribution is 2.28. The number of hydrogen-bond donors (Lipinski definition) is 4. The molecule has 0 bridgehead atoms. The van der Waals surface area contributed by atoms with Gasteiger partial charge in [0.05, 0.1) is 12.8 Å². The Morgan fingerprint density at radius 3 is 2.42 bits per heavy atom. The number of carbonyl (C=O) groups is 3. The van der Waals surface area contributed by atoms with Crippen LogP contribution in [0.4, 0.5) is 16.2 Å². The molecule has 1 rings (SSSR count). The molecule has 0 unspecified atom stereocenters. The highest BCUT2D eigenvalue weighted by Gasteiger charge is 2.21. The minimum Gasteiger partial charge on any atom is -0.494 e. The molecular formula is C16H23N3O5. The Labute approximate surface area is 140 Å². The van der Waals surface area contributed by atoms with Gasteiger partial charge in [0.1, 0.15) is 5.75 Å². The Kier molecular flexibility index (Phi) is 6.58. The summed E-state index contributed by atoms with van der Waals surface area (Å²) in [6.45, 7) is 4.88. The lowest BCUT2D eigenvalue weighted by molar-refractivity contribution is -0.137. The van der Waals surface area contributed by atoms with E-state index in [1.54, 1.807) is 32.0 Å². The maximum atomic E-state index is 12.1. The molecule has 0 fully saturated rings. The van der Waals surface area contributed by atoms with E-state index < -0.39 is 17.5 Å². The van der Waals surface area contributed by atoms with Crippen LogP contribution >= 0.6 is 0 Å². The zero-order valence-corrected chi connectivity index (χ0v) is 14.2. The molecule has 1 aromatic carbocycles. The average Bonchev–Trinajstić information content (AvgIpc) is 2.45. The molecule has 8 heteroatoms. The molecule has 0 aliphatic carbocycles. The minimum absolute atomic E-state index is 0.0352. The van der Waals surface area contributed by atoms with Gasteiger partial charge in [0.2, 0.25) is 5.91 Å². The topological polar surface area (TPSA) is 117 Å². The number of ether oxygens (including phenoxy) is 1. The molecular weight excluding hydrogens is 314 g/mol. The Bertz CT molecular complexity index is 628. The van der Waals surface area contributed by atoms with Gasteiger partial charge in [-0.2, -0.15) is 0 Å². The third-order valence-electron chi connectivity index (χ3n) is 3.19. The first-order chi connectivity index (χ1) is 11.1. The number of carboxylic acid groups (broad SMARTS) is 1. The molecule has 0 radical (unpaired) electrons. The fourth-order valence-corrected chi connectivity index (χ4v) is 2.01. The number of rotatable bonds is 7. The van der Waals surface area contributed by atoms with E-state index in [4.69, 9.17) is 9.84 Å². The highest BCUT2D eigenvalue weighted by molar-refractivity contribution is 5.93. The molecule has 0 saturated carbocycles. The average molecular weight is 337 g/mol. The van der Waals surface area contributed by atoms with Crippen molar-refractivity contribution in [2.75, 3.05) is 17.7 Å². The Balaban J connectivity index is 2.73. The van der Waals surface area contributed by atoms with Gasteiger partial charge in [-0.05, 0) is 32.4 Å². The van der Waals surface area contributed by atoms with Gasteiger partial charge in [0.25, 0.3) is 0 Å². The van der Waals surface area contributed by atoms with Crippen LogP contribution in [-0.2, 0) is 9.59 Å². The number of carboxylic acids is 1. The van der Waals surface area contributed by atoms with Crippen molar-refractivity contribution in [1.29, 1.82) is 0 Å². The molecule has 0 heterocycles. The van der Waals surface area contributed by atoms with Crippen molar-refractivity contribution >= 4 is 29.3 Å². The fourth-order valence-electron chi connectivity index (χ4n) is 2.01. The van der Waals surface area contributed by atoms with Crippen molar-refractivity contribution in [3.05, 3.63) is 18.2 Å². The summed E-state index contributed by atoms with van der Waals surface area (Å²) in [7, 11) is 1.46. The Hall–Kier alpha value is -2.77. The fraction of sp³-hybridized carbons (Fsp3) is 0.438. The van der Waals surface area contributed by atoms with Crippen LogP contribution < -0.4 is 20.7 Å². The summed E-state index contributed by atoms with van der Waals surface area (Å²) in [5.41, 5.74) is 0.313. The minimum atomic E-state index is -0.913. The van der Waals surface area contributed by atoms with Gasteiger partial charge in [-0.3, -0.25) is 9.59 Å². The summed E-state index contributed by atoms with van der Waals surface area (Å²) in [4.78, 5) is 33.8. The molecule has 8 nitrogen and oxygen atoms in total. The standard InChI is InChI=1S/C16H23N3O5/c1-10(20)17-12-6-5-11(9-13(12)24-4)18-15(23)19-16(2,3)8-7-14(21)22/h5-6,9H,7-8H2,1-4H3,(H,17,20)(H,21,22)(H2,18,19,23). The van der Waals surface area contributed by atoms with Crippen LogP contribution in [0.2, 0.25) is 0 Å². The first-order valence-corrected chi connectivity index (χ1v) is 7.39. The van der Waals surface area contributed by atoms with Gasteiger partial charge in [0.15, 0.2) is 0 Å². The molecule has 3 amide bonds. The van der Waals surface area contributed by atoms with E-state index in [1.165, 1.54) is 14.0 Å². The van der Waals surface area contributed by atoms with Crippen molar-refractivity contribution in [1.82, 2.24) is 5.32 Å². The van der Waals surface area contributed by atoms with E-state index in [-0.39, 0.29) is 12.3 Å². The second-order valence-corrected chi connectivity index (χ2v) is 5.95. The van der Waals surface area contributed by atoms with Gasteiger partial charge in [0, 0.05) is 30.6 Å². The van der Waals surface area contributed by atoms with Gasteiger partial charge >= 0.3 is 12.0 Å². The lowest BCUT2D eigenvalue weighted by atomic mass is 9.99. The van der Waals surface area contributed by atoms with Crippen molar-refractivity contribution in [3.63, 3.8) is 0 Å². The molecule has 0 aliphatic rings. The van der Waals surface area contributed by atoms with E-state index in [0.717, 1.165) is 0 Å². The van der Waals surface area contributed by atoms with Crippen LogP contribution in [0.1, 0.15) is 33.6 Å². The van der Waals surface area contributed by atoms with Crippen LogP contribution in [0.15, 0.2) is 18.2 Å².